The van der Waals surface area contributed by atoms with Crippen molar-refractivity contribution in [3.8, 4) is 0 Å². The van der Waals surface area contributed by atoms with E-state index in [1.54, 1.807) is 0 Å². The number of nitrogens with one attached hydrogen (secondary N) is 1. The quantitative estimate of drug-likeness (QED) is 0.514. The van der Waals surface area contributed by atoms with E-state index in [4.69, 9.17) is 5.73 Å². The third kappa shape index (κ3) is 3.36. The molecule has 0 heterocycles. The maximum Gasteiger partial charge on any atom is 0.292 e. The Morgan fingerprint density at radius 3 is 2.33 bits per heavy atom. The summed E-state index contributed by atoms with van der Waals surface area (Å²) in [6.45, 7) is 3.85. The van der Waals surface area contributed by atoms with Crippen LogP contribution in [0.15, 0.2) is 36.4 Å². The van der Waals surface area contributed by atoms with Crippen LogP contribution in [0, 0.1) is 24.0 Å². The highest BCUT2D eigenvalue weighted by Gasteiger charge is 2.15. The monoisotopic (exact) mass is 285 g/mol. The first-order valence-corrected chi connectivity index (χ1v) is 6.30. The van der Waals surface area contributed by atoms with Gasteiger partial charge in [-0.25, -0.2) is 0 Å². The van der Waals surface area contributed by atoms with Gasteiger partial charge < -0.3 is 11.1 Å². The van der Waals surface area contributed by atoms with Crippen LogP contribution < -0.4 is 11.1 Å². The molecule has 2 aromatic carbocycles. The van der Waals surface area contributed by atoms with Crippen LogP contribution in [0.2, 0.25) is 0 Å². The molecule has 2 aromatic rings. The van der Waals surface area contributed by atoms with Crippen LogP contribution in [0.4, 0.5) is 17.1 Å². The second kappa shape index (κ2) is 5.62. The molecule has 0 radical (unpaired) electrons. The van der Waals surface area contributed by atoms with Gasteiger partial charge in [0, 0.05) is 17.3 Å². The molecule has 0 fully saturated rings. The van der Waals surface area contributed by atoms with E-state index in [2.05, 4.69) is 5.32 Å². The highest BCUT2D eigenvalue weighted by atomic mass is 16.6. The van der Waals surface area contributed by atoms with E-state index in [-0.39, 0.29) is 16.9 Å². The van der Waals surface area contributed by atoms with Crippen LogP contribution in [0.5, 0.6) is 0 Å². The van der Waals surface area contributed by atoms with Crippen LogP contribution in [-0.4, -0.2) is 10.8 Å². The van der Waals surface area contributed by atoms with Gasteiger partial charge in [0.25, 0.3) is 11.6 Å². The first-order valence-electron chi connectivity index (χ1n) is 6.30. The first kappa shape index (κ1) is 14.5. The standard InChI is InChI=1S/C15H15N3O3/c1-9-5-10(2)7-12(6-9)17-15(19)11-3-4-13(16)14(8-11)18(20)21/h3-8H,16H2,1-2H3,(H,17,19). The van der Waals surface area contributed by atoms with Gasteiger partial charge in [-0.15, -0.1) is 0 Å². The zero-order chi connectivity index (χ0) is 15.6. The van der Waals surface area contributed by atoms with Crippen molar-refractivity contribution in [1.82, 2.24) is 0 Å². The number of nitrogen functional groups attached to an aromatic ring is 1. The van der Waals surface area contributed by atoms with Gasteiger partial charge in [-0.2, -0.15) is 0 Å². The molecule has 0 aromatic heterocycles. The number of benzene rings is 2. The summed E-state index contributed by atoms with van der Waals surface area (Å²) in [7, 11) is 0. The Morgan fingerprint density at radius 2 is 1.76 bits per heavy atom. The van der Waals surface area contributed by atoms with Crippen molar-refractivity contribution in [1.29, 1.82) is 0 Å². The Balaban J connectivity index is 2.28. The number of aryl methyl sites for hydroxylation is 2. The van der Waals surface area contributed by atoms with Crippen molar-refractivity contribution < 1.29 is 9.72 Å². The van der Waals surface area contributed by atoms with Crippen molar-refractivity contribution in [2.45, 2.75) is 13.8 Å². The molecule has 0 aliphatic carbocycles. The maximum absolute atomic E-state index is 12.1. The summed E-state index contributed by atoms with van der Waals surface area (Å²) in [6, 6.07) is 9.64. The van der Waals surface area contributed by atoms with Crippen LogP contribution in [0.3, 0.4) is 0 Å². The molecule has 0 saturated heterocycles. The zero-order valence-electron chi connectivity index (χ0n) is 11.7. The summed E-state index contributed by atoms with van der Waals surface area (Å²) in [5, 5.41) is 13.6. The Hall–Kier alpha value is -2.89. The minimum atomic E-state index is -0.608. The summed E-state index contributed by atoms with van der Waals surface area (Å²) >= 11 is 0. The third-order valence-corrected chi connectivity index (χ3v) is 2.97. The fraction of sp³-hybridized carbons (Fsp3) is 0.133. The van der Waals surface area contributed by atoms with Crippen LogP contribution in [0.1, 0.15) is 21.5 Å². The zero-order valence-corrected chi connectivity index (χ0v) is 11.7. The minimum Gasteiger partial charge on any atom is -0.393 e. The second-order valence-electron chi connectivity index (χ2n) is 4.86. The van der Waals surface area contributed by atoms with Gasteiger partial charge in [0.2, 0.25) is 0 Å². The molecule has 6 nitrogen and oxygen atoms in total. The number of carbonyl (C=O) groups is 1. The summed E-state index contributed by atoms with van der Waals surface area (Å²) in [5.74, 6) is -0.414. The number of anilines is 2. The Labute approximate surface area is 121 Å². The lowest BCUT2D eigenvalue weighted by atomic mass is 10.1. The summed E-state index contributed by atoms with van der Waals surface area (Å²) in [4.78, 5) is 22.4. The van der Waals surface area contributed by atoms with Crippen LogP contribution in [0.25, 0.3) is 0 Å². The lowest BCUT2D eigenvalue weighted by Gasteiger charge is -2.08. The molecule has 3 N–H and O–H groups in total. The van der Waals surface area contributed by atoms with Gasteiger partial charge in [-0.05, 0) is 49.2 Å². The predicted molar refractivity (Wildman–Crippen MR) is 81.4 cm³/mol. The minimum absolute atomic E-state index is 0.0305. The molecule has 0 bridgehead atoms. The second-order valence-corrected chi connectivity index (χ2v) is 4.86. The molecule has 0 atom stereocenters. The Bertz CT molecular complexity index is 706. The largest absolute Gasteiger partial charge is 0.393 e. The number of nitro groups is 1. The summed E-state index contributed by atoms with van der Waals surface area (Å²) < 4.78 is 0. The number of rotatable bonds is 3. The number of nitro benzene ring substituents is 1. The van der Waals surface area contributed by atoms with Crippen molar-refractivity contribution >= 4 is 23.0 Å². The van der Waals surface area contributed by atoms with E-state index in [1.807, 2.05) is 32.0 Å². The van der Waals surface area contributed by atoms with Gasteiger partial charge in [0.05, 0.1) is 4.92 Å². The lowest BCUT2D eigenvalue weighted by molar-refractivity contribution is -0.383. The molecule has 6 heteroatoms. The molecule has 21 heavy (non-hydrogen) atoms. The smallest absolute Gasteiger partial charge is 0.292 e. The number of nitrogens with two attached hydrogens (primary N) is 1. The van der Waals surface area contributed by atoms with Crippen molar-refractivity contribution in [2.24, 2.45) is 0 Å². The highest BCUT2D eigenvalue weighted by Crippen LogP contribution is 2.23. The molecule has 108 valence electrons. The van der Waals surface area contributed by atoms with Crippen LogP contribution >= 0.6 is 0 Å². The van der Waals surface area contributed by atoms with Gasteiger partial charge >= 0.3 is 0 Å². The van der Waals surface area contributed by atoms with E-state index in [1.165, 1.54) is 18.2 Å². The fourth-order valence-corrected chi connectivity index (χ4v) is 2.09. The third-order valence-electron chi connectivity index (χ3n) is 2.97. The number of carbonyl (C=O) groups excluding carboxylic acids is 1. The van der Waals surface area contributed by atoms with Gasteiger partial charge in [0.15, 0.2) is 0 Å². The number of hydrogen-bond acceptors (Lipinski definition) is 4. The summed E-state index contributed by atoms with van der Waals surface area (Å²) in [6.07, 6.45) is 0. The number of hydrogen-bond donors (Lipinski definition) is 2. The molecule has 2 rings (SSSR count). The average molecular weight is 285 g/mol. The van der Waals surface area contributed by atoms with Gasteiger partial charge in [-0.3, -0.25) is 14.9 Å². The molecule has 0 unspecified atom stereocenters. The summed E-state index contributed by atoms with van der Waals surface area (Å²) in [5.41, 5.74) is 8.15. The van der Waals surface area contributed by atoms with Gasteiger partial charge in [0.1, 0.15) is 5.69 Å². The SMILES string of the molecule is Cc1cc(C)cc(NC(=O)c2ccc(N)c([N+](=O)[O-])c2)c1. The van der Waals surface area contributed by atoms with Crippen LogP contribution in [-0.2, 0) is 0 Å². The predicted octanol–water partition coefficient (Wildman–Crippen LogP) is 3.05. The Morgan fingerprint density at radius 1 is 1.14 bits per heavy atom. The molecule has 0 saturated carbocycles. The number of amides is 1. The Kier molecular flexibility index (Phi) is 3.89. The molecule has 0 aliphatic rings. The molecular formula is C15H15N3O3. The highest BCUT2D eigenvalue weighted by molar-refractivity contribution is 6.05. The first-order chi connectivity index (χ1) is 9.86. The lowest BCUT2D eigenvalue weighted by Crippen LogP contribution is -2.12. The maximum atomic E-state index is 12.1. The van der Waals surface area contributed by atoms with E-state index >= 15 is 0 Å². The molecule has 1 amide bonds. The molecule has 0 aliphatic heterocycles. The average Bonchev–Trinajstić information content (AvgIpc) is 2.37. The molecule has 0 spiro atoms. The van der Waals surface area contributed by atoms with E-state index < -0.39 is 10.8 Å². The van der Waals surface area contributed by atoms with Crippen molar-refractivity contribution in [2.75, 3.05) is 11.1 Å². The van der Waals surface area contributed by atoms with E-state index in [9.17, 15) is 14.9 Å². The van der Waals surface area contributed by atoms with Crippen molar-refractivity contribution in [3.05, 3.63) is 63.2 Å². The van der Waals surface area contributed by atoms with Crippen molar-refractivity contribution in [3.63, 3.8) is 0 Å². The normalized spacial score (nSPS) is 10.2. The number of nitrogens with zero attached hydrogens (tertiary/aromatic N) is 1. The van der Waals surface area contributed by atoms with E-state index in [0.29, 0.717) is 5.69 Å². The molecular weight excluding hydrogens is 270 g/mol. The fourth-order valence-electron chi connectivity index (χ4n) is 2.09. The topological polar surface area (TPSA) is 98.3 Å². The van der Waals surface area contributed by atoms with E-state index in [0.717, 1.165) is 11.1 Å². The van der Waals surface area contributed by atoms with Gasteiger partial charge in [-0.1, -0.05) is 6.07 Å².